The van der Waals surface area contributed by atoms with Crippen molar-refractivity contribution in [1.29, 1.82) is 0 Å². The zero-order valence-corrected chi connectivity index (χ0v) is 16.5. The van der Waals surface area contributed by atoms with Crippen molar-refractivity contribution in [1.82, 2.24) is 20.5 Å². The molecule has 0 aliphatic carbocycles. The zero-order valence-electron chi connectivity index (χ0n) is 15.7. The van der Waals surface area contributed by atoms with Gasteiger partial charge in [-0.3, -0.25) is 14.5 Å². The van der Waals surface area contributed by atoms with Gasteiger partial charge in [-0.1, -0.05) is 18.2 Å². The molecule has 154 valence electrons. The molecule has 9 nitrogen and oxygen atoms in total. The first-order valence-electron chi connectivity index (χ1n) is 9.49. The normalized spacial score (nSPS) is 23.5. The van der Waals surface area contributed by atoms with Gasteiger partial charge in [-0.2, -0.15) is 0 Å². The SMILES string of the molecule is O=C(C[C@@H]1NC(=O)N(CCc2c[nH]c3ccccc23)C1=O)N[C@@H]1CCS(=O)(=O)C1. The number of H-pyrrole nitrogens is 1. The Labute approximate surface area is 167 Å². The minimum atomic E-state index is -3.10. The van der Waals surface area contributed by atoms with Crippen LogP contribution in [-0.4, -0.2) is 66.3 Å². The number of amides is 4. The Bertz CT molecular complexity index is 1080. The van der Waals surface area contributed by atoms with E-state index in [9.17, 15) is 22.8 Å². The molecule has 10 heteroatoms. The number of rotatable bonds is 6. The van der Waals surface area contributed by atoms with Gasteiger partial charge < -0.3 is 15.6 Å². The predicted octanol–water partition coefficient (Wildman–Crippen LogP) is 0.324. The molecule has 0 unspecified atom stereocenters. The highest BCUT2D eigenvalue weighted by atomic mass is 32.2. The number of carbonyl (C=O) groups excluding carboxylic acids is 3. The van der Waals surface area contributed by atoms with Gasteiger partial charge in [0.25, 0.3) is 5.91 Å². The van der Waals surface area contributed by atoms with Crippen LogP contribution < -0.4 is 10.6 Å². The first-order valence-corrected chi connectivity index (χ1v) is 11.3. The highest BCUT2D eigenvalue weighted by molar-refractivity contribution is 7.91. The summed E-state index contributed by atoms with van der Waals surface area (Å²) in [5, 5.41) is 6.23. The molecule has 2 aliphatic heterocycles. The van der Waals surface area contributed by atoms with Crippen molar-refractivity contribution in [2.24, 2.45) is 0 Å². The Morgan fingerprint density at radius 2 is 2.03 bits per heavy atom. The molecule has 29 heavy (non-hydrogen) atoms. The van der Waals surface area contributed by atoms with Crippen LogP contribution in [0.25, 0.3) is 10.9 Å². The summed E-state index contributed by atoms with van der Waals surface area (Å²) in [4.78, 5) is 41.2. The average molecular weight is 418 g/mol. The van der Waals surface area contributed by atoms with E-state index >= 15 is 0 Å². The van der Waals surface area contributed by atoms with Gasteiger partial charge in [-0.15, -0.1) is 0 Å². The maximum Gasteiger partial charge on any atom is 0.324 e. The van der Waals surface area contributed by atoms with Crippen LogP contribution in [0.3, 0.4) is 0 Å². The molecule has 4 rings (SSSR count). The summed E-state index contributed by atoms with van der Waals surface area (Å²) < 4.78 is 23.0. The van der Waals surface area contributed by atoms with Gasteiger partial charge >= 0.3 is 6.03 Å². The molecule has 1 aromatic carbocycles. The fraction of sp³-hybridized carbons (Fsp3) is 0.421. The molecule has 2 fully saturated rings. The predicted molar refractivity (Wildman–Crippen MR) is 106 cm³/mol. The van der Waals surface area contributed by atoms with Crippen LogP contribution in [0.1, 0.15) is 18.4 Å². The van der Waals surface area contributed by atoms with Gasteiger partial charge in [0.1, 0.15) is 6.04 Å². The smallest absolute Gasteiger partial charge is 0.324 e. The minimum Gasteiger partial charge on any atom is -0.361 e. The number of hydrogen-bond acceptors (Lipinski definition) is 5. The molecule has 0 spiro atoms. The Balaban J connectivity index is 1.33. The quantitative estimate of drug-likeness (QED) is 0.582. The summed E-state index contributed by atoms with van der Waals surface area (Å²) in [5.41, 5.74) is 1.99. The van der Waals surface area contributed by atoms with E-state index in [2.05, 4.69) is 15.6 Å². The van der Waals surface area contributed by atoms with Crippen LogP contribution in [-0.2, 0) is 25.8 Å². The summed E-state index contributed by atoms with van der Waals surface area (Å²) in [6.07, 6.45) is 2.53. The number of para-hydroxylation sites is 1. The van der Waals surface area contributed by atoms with Crippen molar-refractivity contribution < 1.29 is 22.8 Å². The number of benzene rings is 1. The van der Waals surface area contributed by atoms with Crippen molar-refractivity contribution in [3.05, 3.63) is 36.0 Å². The second kappa shape index (κ2) is 7.51. The van der Waals surface area contributed by atoms with Crippen molar-refractivity contribution in [2.75, 3.05) is 18.1 Å². The standard InChI is InChI=1S/C19H22N4O5S/c24-17(21-13-6-8-29(27,28)11-13)9-16-18(25)23(19(26)22-16)7-5-12-10-20-15-4-2-1-3-14(12)15/h1-4,10,13,16,20H,5-9,11H2,(H,21,24)(H,22,26)/t13-,16+/m1/s1. The molecular weight excluding hydrogens is 396 g/mol. The third-order valence-electron chi connectivity index (χ3n) is 5.37. The van der Waals surface area contributed by atoms with E-state index in [0.29, 0.717) is 12.8 Å². The molecule has 3 N–H and O–H groups in total. The molecule has 0 radical (unpaired) electrons. The summed E-state index contributed by atoms with van der Waals surface area (Å²) >= 11 is 0. The molecule has 2 saturated heterocycles. The fourth-order valence-electron chi connectivity index (χ4n) is 3.88. The fourth-order valence-corrected chi connectivity index (χ4v) is 5.55. The average Bonchev–Trinajstić information content (AvgIpc) is 3.30. The topological polar surface area (TPSA) is 128 Å². The lowest BCUT2D eigenvalue weighted by Crippen LogP contribution is -2.41. The third kappa shape index (κ3) is 4.12. The first kappa shape index (κ1) is 19.4. The summed E-state index contributed by atoms with van der Waals surface area (Å²) in [7, 11) is -3.10. The van der Waals surface area contributed by atoms with E-state index in [4.69, 9.17) is 0 Å². The number of imide groups is 1. The van der Waals surface area contributed by atoms with E-state index in [1.54, 1.807) is 0 Å². The lowest BCUT2D eigenvalue weighted by molar-refractivity contribution is -0.131. The van der Waals surface area contributed by atoms with Gasteiger partial charge in [0.2, 0.25) is 5.91 Å². The summed E-state index contributed by atoms with van der Waals surface area (Å²) in [6.45, 7) is 0.214. The number of nitrogens with one attached hydrogen (secondary N) is 3. The summed E-state index contributed by atoms with van der Waals surface area (Å²) in [5.74, 6) is -0.910. The van der Waals surface area contributed by atoms with Crippen LogP contribution in [0, 0.1) is 0 Å². The van der Waals surface area contributed by atoms with Gasteiger partial charge in [0.05, 0.1) is 17.9 Å². The van der Waals surface area contributed by atoms with Gasteiger partial charge in [-0.25, -0.2) is 13.2 Å². The first-order chi connectivity index (χ1) is 13.8. The number of hydrogen-bond donors (Lipinski definition) is 3. The zero-order chi connectivity index (χ0) is 20.6. The lowest BCUT2D eigenvalue weighted by Gasteiger charge is -2.14. The number of nitrogens with zero attached hydrogens (tertiary/aromatic N) is 1. The molecule has 2 atom stereocenters. The number of sulfone groups is 1. The lowest BCUT2D eigenvalue weighted by atomic mass is 10.1. The van der Waals surface area contributed by atoms with E-state index in [1.165, 1.54) is 0 Å². The Morgan fingerprint density at radius 3 is 2.79 bits per heavy atom. The number of carbonyl (C=O) groups is 3. The van der Waals surface area contributed by atoms with E-state index in [1.807, 2.05) is 30.5 Å². The number of aromatic nitrogens is 1. The monoisotopic (exact) mass is 418 g/mol. The Hall–Kier alpha value is -2.88. The molecule has 4 amide bonds. The van der Waals surface area contributed by atoms with Crippen LogP contribution in [0.5, 0.6) is 0 Å². The van der Waals surface area contributed by atoms with Crippen molar-refractivity contribution in [3.63, 3.8) is 0 Å². The van der Waals surface area contributed by atoms with E-state index < -0.39 is 39.8 Å². The van der Waals surface area contributed by atoms with Gasteiger partial charge in [0, 0.05) is 29.7 Å². The molecule has 1 aromatic heterocycles. The highest BCUT2D eigenvalue weighted by Gasteiger charge is 2.39. The second-order valence-electron chi connectivity index (χ2n) is 7.47. The van der Waals surface area contributed by atoms with Crippen LogP contribution in [0.2, 0.25) is 0 Å². The van der Waals surface area contributed by atoms with Gasteiger partial charge in [0.15, 0.2) is 9.84 Å². The van der Waals surface area contributed by atoms with Crippen molar-refractivity contribution >= 4 is 38.6 Å². The molecule has 2 aromatic rings. The molecule has 0 bridgehead atoms. The number of urea groups is 1. The third-order valence-corrected chi connectivity index (χ3v) is 7.14. The van der Waals surface area contributed by atoms with Gasteiger partial charge in [-0.05, 0) is 24.5 Å². The van der Waals surface area contributed by atoms with Crippen LogP contribution in [0.15, 0.2) is 30.5 Å². The molecule has 2 aliphatic rings. The van der Waals surface area contributed by atoms with E-state index in [-0.39, 0.29) is 24.5 Å². The van der Waals surface area contributed by atoms with E-state index in [0.717, 1.165) is 21.4 Å². The largest absolute Gasteiger partial charge is 0.361 e. The Morgan fingerprint density at radius 1 is 1.24 bits per heavy atom. The maximum absolute atomic E-state index is 12.6. The Kier molecular flexibility index (Phi) is 5.03. The minimum absolute atomic E-state index is 0.0542. The highest BCUT2D eigenvalue weighted by Crippen LogP contribution is 2.19. The van der Waals surface area contributed by atoms with Crippen molar-refractivity contribution in [3.8, 4) is 0 Å². The number of fused-ring (bicyclic) bond motifs is 1. The van der Waals surface area contributed by atoms with Crippen LogP contribution >= 0.6 is 0 Å². The molecule has 3 heterocycles. The summed E-state index contributed by atoms with van der Waals surface area (Å²) in [6, 6.07) is 5.91. The van der Waals surface area contributed by atoms with Crippen LogP contribution in [0.4, 0.5) is 4.79 Å². The molecular formula is C19H22N4O5S. The maximum atomic E-state index is 12.6. The number of aromatic amines is 1. The van der Waals surface area contributed by atoms with Crippen molar-refractivity contribution in [2.45, 2.75) is 31.3 Å². The molecule has 0 saturated carbocycles. The second-order valence-corrected chi connectivity index (χ2v) is 9.70.